The molecule has 0 bridgehead atoms. The summed E-state index contributed by atoms with van der Waals surface area (Å²) in [6.45, 7) is 20.0. The lowest BCUT2D eigenvalue weighted by atomic mass is 10.0. The Balaban J connectivity index is 3.46. The van der Waals surface area contributed by atoms with E-state index in [4.69, 9.17) is 4.43 Å². The summed E-state index contributed by atoms with van der Waals surface area (Å²) in [6.07, 6.45) is 2.46. The molecular weight excluding hydrogens is 292 g/mol. The average Bonchev–Trinajstić information content (AvgIpc) is 2.45. The van der Waals surface area contributed by atoms with Crippen molar-refractivity contribution in [2.75, 3.05) is 0 Å². The molecule has 0 spiro atoms. The zero-order chi connectivity index (χ0) is 15.7. The summed E-state index contributed by atoms with van der Waals surface area (Å²) in [7, 11) is -3.88. The van der Waals surface area contributed by atoms with Crippen molar-refractivity contribution in [2.45, 2.75) is 103 Å². The van der Waals surface area contributed by atoms with Crippen LogP contribution in [0.4, 0.5) is 0 Å². The largest absolute Gasteiger partial charge is 0.415 e. The summed E-state index contributed by atoms with van der Waals surface area (Å²) >= 11 is 0. The van der Waals surface area contributed by atoms with Crippen molar-refractivity contribution in [3.63, 3.8) is 0 Å². The first-order chi connectivity index (χ1) is 9.28. The highest BCUT2D eigenvalue weighted by Crippen LogP contribution is 2.52. The smallest absolute Gasteiger partial charge is 0.172 e. The Morgan fingerprint density at radius 3 is 1.55 bits per heavy atom. The molecule has 1 rings (SSSR count). The molecule has 1 nitrogen and oxygen atoms in total. The van der Waals surface area contributed by atoms with Crippen molar-refractivity contribution in [1.29, 1.82) is 0 Å². The van der Waals surface area contributed by atoms with Gasteiger partial charge in [-0.25, -0.2) is 0 Å². The van der Waals surface area contributed by atoms with Gasteiger partial charge in [-0.15, -0.1) is 0 Å². The van der Waals surface area contributed by atoms with E-state index >= 15 is 0 Å². The molecule has 1 aliphatic rings. The van der Waals surface area contributed by atoms with Gasteiger partial charge in [0.2, 0.25) is 0 Å². The lowest BCUT2D eigenvalue weighted by Crippen LogP contribution is -2.82. The maximum atomic E-state index is 7.05. The minimum Gasteiger partial charge on any atom is -0.415 e. The second-order valence-electron chi connectivity index (χ2n) is 7.46. The maximum Gasteiger partial charge on any atom is 0.172 e. The third kappa shape index (κ3) is 2.44. The van der Waals surface area contributed by atoms with E-state index in [1.54, 1.807) is 0 Å². The zero-order valence-electron chi connectivity index (χ0n) is 15.4. The Kier molecular flexibility index (Phi) is 5.96. The third-order valence-electron chi connectivity index (χ3n) is 7.15. The van der Waals surface area contributed by atoms with Gasteiger partial charge in [-0.2, -0.15) is 0 Å². The average molecular weight is 331 g/mol. The molecule has 1 aliphatic heterocycles. The predicted molar refractivity (Wildman–Crippen MR) is 100 cm³/mol. The minimum absolute atomic E-state index is 0.245. The van der Waals surface area contributed by atoms with Crippen molar-refractivity contribution in [1.82, 2.24) is 0 Å². The van der Waals surface area contributed by atoms with Crippen molar-refractivity contribution < 1.29 is 4.43 Å². The van der Waals surface area contributed by atoms with Gasteiger partial charge in [0.15, 0.2) is 7.83 Å². The summed E-state index contributed by atoms with van der Waals surface area (Å²) in [5.41, 5.74) is 0.245. The fourth-order valence-electron chi connectivity index (χ4n) is 5.77. The van der Waals surface area contributed by atoms with Crippen LogP contribution in [-0.2, 0) is 4.43 Å². The van der Waals surface area contributed by atoms with Gasteiger partial charge in [0, 0.05) is 0 Å². The Morgan fingerprint density at radius 1 is 0.800 bits per heavy atom. The van der Waals surface area contributed by atoms with Gasteiger partial charge in [-0.05, 0) is 32.0 Å². The predicted octanol–water partition coefficient (Wildman–Crippen LogP) is 5.91. The molecule has 0 amide bonds. The van der Waals surface area contributed by atoms with Crippen LogP contribution in [0, 0.1) is 0 Å². The highest BCUT2D eigenvalue weighted by Gasteiger charge is 2.66. The molecule has 0 aromatic carbocycles. The molecule has 0 aliphatic carbocycles. The maximum absolute atomic E-state index is 7.05. The SMILES string of the molecule is CCC1(CC)C[Si](CC)(CC)[Si](CC)(CC)[Si](C)(C)O1. The van der Waals surface area contributed by atoms with Gasteiger partial charge in [0.25, 0.3) is 0 Å². The highest BCUT2D eigenvalue weighted by molar-refractivity contribution is 7.68. The third-order valence-corrected chi connectivity index (χ3v) is 49.3. The molecule has 0 unspecified atom stereocenters. The van der Waals surface area contributed by atoms with Gasteiger partial charge >= 0.3 is 0 Å². The van der Waals surface area contributed by atoms with E-state index in [-0.39, 0.29) is 5.60 Å². The van der Waals surface area contributed by atoms with Crippen LogP contribution < -0.4 is 0 Å². The van der Waals surface area contributed by atoms with Crippen LogP contribution in [0.5, 0.6) is 0 Å². The van der Waals surface area contributed by atoms with Gasteiger partial charge in [0.05, 0.1) is 20.3 Å². The molecule has 1 fully saturated rings. The summed E-state index contributed by atoms with van der Waals surface area (Å²) in [5.74, 6) is 0. The first-order valence-electron chi connectivity index (χ1n) is 8.98. The number of rotatable bonds is 6. The highest BCUT2D eigenvalue weighted by atomic mass is 29.6. The van der Waals surface area contributed by atoms with Gasteiger partial charge < -0.3 is 4.43 Å². The van der Waals surface area contributed by atoms with Crippen molar-refractivity contribution >= 4 is 22.5 Å². The first-order valence-corrected chi connectivity index (χ1v) is 18.9. The molecule has 0 atom stereocenters. The molecule has 1 heterocycles. The second-order valence-corrected chi connectivity index (χ2v) is 32.6. The van der Waals surface area contributed by atoms with Crippen LogP contribution in [0.15, 0.2) is 0 Å². The van der Waals surface area contributed by atoms with E-state index < -0.39 is 22.5 Å². The fraction of sp³-hybridized carbons (Fsp3) is 1.00. The molecule has 4 heteroatoms. The van der Waals surface area contributed by atoms with Crippen molar-refractivity contribution in [3.05, 3.63) is 0 Å². The van der Waals surface area contributed by atoms with Crippen LogP contribution in [-0.4, -0.2) is 28.1 Å². The molecule has 1 saturated heterocycles. The van der Waals surface area contributed by atoms with Crippen LogP contribution in [0.2, 0.25) is 43.3 Å². The second kappa shape index (κ2) is 6.39. The summed E-state index contributed by atoms with van der Waals surface area (Å²) in [5, 5.41) is 0. The molecule has 0 radical (unpaired) electrons. The van der Waals surface area contributed by atoms with E-state index in [1.165, 1.54) is 43.1 Å². The molecular formula is C16H38OSi3. The lowest BCUT2D eigenvalue weighted by Gasteiger charge is -2.63. The summed E-state index contributed by atoms with van der Waals surface area (Å²) in [6, 6.07) is 7.47. The van der Waals surface area contributed by atoms with E-state index in [2.05, 4.69) is 54.6 Å². The zero-order valence-corrected chi connectivity index (χ0v) is 18.4. The van der Waals surface area contributed by atoms with E-state index in [1.807, 2.05) is 0 Å². The van der Waals surface area contributed by atoms with Crippen molar-refractivity contribution in [3.8, 4) is 0 Å². The van der Waals surface area contributed by atoms with Gasteiger partial charge in [0.1, 0.15) is 0 Å². The van der Waals surface area contributed by atoms with E-state index in [0.717, 1.165) is 0 Å². The summed E-state index contributed by atoms with van der Waals surface area (Å²) in [4.78, 5) is 0. The minimum atomic E-state index is -1.52. The Hall–Kier alpha value is 0.611. The number of hydrogen-bond donors (Lipinski definition) is 0. The fourth-order valence-corrected chi connectivity index (χ4v) is 53.7. The molecule has 0 aromatic heterocycles. The van der Waals surface area contributed by atoms with E-state index in [0.29, 0.717) is 0 Å². The van der Waals surface area contributed by atoms with Gasteiger partial charge in [-0.1, -0.05) is 65.7 Å². The first kappa shape index (κ1) is 18.7. The van der Waals surface area contributed by atoms with Gasteiger partial charge in [-0.3, -0.25) is 0 Å². The Bertz CT molecular complexity index is 316. The number of hydrogen-bond acceptors (Lipinski definition) is 1. The van der Waals surface area contributed by atoms with E-state index in [9.17, 15) is 0 Å². The quantitative estimate of drug-likeness (QED) is 0.550. The topological polar surface area (TPSA) is 9.23 Å². The van der Waals surface area contributed by atoms with Crippen LogP contribution in [0.3, 0.4) is 0 Å². The molecule has 0 N–H and O–H groups in total. The van der Waals surface area contributed by atoms with Crippen molar-refractivity contribution in [2.24, 2.45) is 0 Å². The van der Waals surface area contributed by atoms with Crippen LogP contribution >= 0.6 is 0 Å². The lowest BCUT2D eigenvalue weighted by molar-refractivity contribution is 0.0712. The molecule has 120 valence electrons. The monoisotopic (exact) mass is 330 g/mol. The molecule has 0 saturated carbocycles. The summed E-state index contributed by atoms with van der Waals surface area (Å²) < 4.78 is 7.05. The Labute approximate surface area is 130 Å². The Morgan fingerprint density at radius 2 is 1.25 bits per heavy atom. The molecule has 0 aromatic rings. The van der Waals surface area contributed by atoms with Crippen LogP contribution in [0.25, 0.3) is 0 Å². The standard InChI is InChI=1S/C16H38OSi3/c1-9-16(10-2)15-19(11-3,12-4)20(13-5,14-6)18(7,8)17-16/h9-15H2,1-8H3. The molecule has 20 heavy (non-hydrogen) atoms. The van der Waals surface area contributed by atoms with Crippen LogP contribution in [0.1, 0.15) is 54.4 Å². The normalized spacial score (nSPS) is 26.4.